The third-order valence-corrected chi connectivity index (χ3v) is 3.54. The molecule has 2 amide bonds. The number of rotatable bonds is 3. The molecule has 1 aromatic carbocycles. The highest BCUT2D eigenvalue weighted by molar-refractivity contribution is 6.08. The zero-order chi connectivity index (χ0) is 14.0. The van der Waals surface area contributed by atoms with E-state index in [1.165, 1.54) is 0 Å². The molecule has 4 nitrogen and oxygen atoms in total. The van der Waals surface area contributed by atoms with E-state index in [0.717, 1.165) is 11.3 Å². The Hall–Kier alpha value is -1.84. The fraction of sp³-hybridized carbons (Fsp3) is 0.467. The normalized spacial score (nSPS) is 23.4. The Morgan fingerprint density at radius 2 is 1.95 bits per heavy atom. The second-order valence-electron chi connectivity index (χ2n) is 4.94. The van der Waals surface area contributed by atoms with E-state index < -0.39 is 12.1 Å². The minimum atomic E-state index is -0.407. The second-order valence-corrected chi connectivity index (χ2v) is 4.94. The fourth-order valence-electron chi connectivity index (χ4n) is 2.50. The number of hydrogen-bond donors (Lipinski definition) is 1. The van der Waals surface area contributed by atoms with Crippen molar-refractivity contribution in [1.82, 2.24) is 5.32 Å². The first-order valence-corrected chi connectivity index (χ1v) is 6.78. The van der Waals surface area contributed by atoms with E-state index in [9.17, 15) is 9.59 Å². The number of anilines is 1. The summed E-state index contributed by atoms with van der Waals surface area (Å²) in [6, 6.07) is 6.92. The largest absolute Gasteiger partial charge is 0.342 e. The topological polar surface area (TPSA) is 49.4 Å². The minimum absolute atomic E-state index is 0.0143. The Labute approximate surface area is 113 Å². The van der Waals surface area contributed by atoms with Crippen molar-refractivity contribution in [2.24, 2.45) is 0 Å². The Morgan fingerprint density at radius 1 is 1.21 bits per heavy atom. The van der Waals surface area contributed by atoms with Crippen molar-refractivity contribution >= 4 is 17.5 Å². The SMILES string of the molecule is CCC1NC(=O)C(CC)N(c2cccc(C)c2)C1=O. The van der Waals surface area contributed by atoms with Crippen molar-refractivity contribution in [2.45, 2.75) is 45.7 Å². The zero-order valence-corrected chi connectivity index (χ0v) is 11.6. The molecule has 102 valence electrons. The highest BCUT2D eigenvalue weighted by Gasteiger charge is 2.39. The van der Waals surface area contributed by atoms with Crippen molar-refractivity contribution in [3.8, 4) is 0 Å². The van der Waals surface area contributed by atoms with E-state index in [1.54, 1.807) is 4.90 Å². The van der Waals surface area contributed by atoms with Crippen LogP contribution in [0.3, 0.4) is 0 Å². The molecular weight excluding hydrogens is 240 g/mol. The van der Waals surface area contributed by atoms with Crippen LogP contribution in [0.15, 0.2) is 24.3 Å². The Morgan fingerprint density at radius 3 is 2.53 bits per heavy atom. The van der Waals surface area contributed by atoms with Gasteiger partial charge in [-0.3, -0.25) is 14.5 Å². The van der Waals surface area contributed by atoms with Crippen molar-refractivity contribution in [3.63, 3.8) is 0 Å². The van der Waals surface area contributed by atoms with Gasteiger partial charge in [0.05, 0.1) is 0 Å². The quantitative estimate of drug-likeness (QED) is 0.904. The summed E-state index contributed by atoms with van der Waals surface area (Å²) >= 11 is 0. The van der Waals surface area contributed by atoms with Gasteiger partial charge in [0.1, 0.15) is 12.1 Å². The van der Waals surface area contributed by atoms with Gasteiger partial charge in [0, 0.05) is 5.69 Å². The number of carbonyl (C=O) groups excluding carboxylic acids is 2. The van der Waals surface area contributed by atoms with Crippen LogP contribution in [0, 0.1) is 6.92 Å². The fourth-order valence-corrected chi connectivity index (χ4v) is 2.50. The summed E-state index contributed by atoms with van der Waals surface area (Å²) in [5, 5.41) is 2.80. The first-order valence-electron chi connectivity index (χ1n) is 6.78. The zero-order valence-electron chi connectivity index (χ0n) is 11.6. The average Bonchev–Trinajstić information content (AvgIpc) is 2.40. The number of nitrogens with zero attached hydrogens (tertiary/aromatic N) is 1. The van der Waals surface area contributed by atoms with Gasteiger partial charge >= 0.3 is 0 Å². The number of nitrogens with one attached hydrogen (secondary N) is 1. The lowest BCUT2D eigenvalue weighted by atomic mass is 10.0. The molecular formula is C15H20N2O2. The van der Waals surface area contributed by atoms with E-state index in [0.29, 0.717) is 12.8 Å². The third-order valence-electron chi connectivity index (χ3n) is 3.54. The van der Waals surface area contributed by atoms with E-state index in [2.05, 4.69) is 5.32 Å². The summed E-state index contributed by atoms with van der Waals surface area (Å²) in [5.41, 5.74) is 1.89. The number of aryl methyl sites for hydroxylation is 1. The van der Waals surface area contributed by atoms with Crippen LogP contribution < -0.4 is 10.2 Å². The smallest absolute Gasteiger partial charge is 0.250 e. The summed E-state index contributed by atoms with van der Waals surface area (Å²) in [7, 11) is 0. The molecule has 1 heterocycles. The van der Waals surface area contributed by atoms with Crippen LogP contribution in [-0.2, 0) is 9.59 Å². The molecule has 0 saturated carbocycles. The first-order chi connectivity index (χ1) is 9.08. The maximum atomic E-state index is 12.5. The van der Waals surface area contributed by atoms with Gasteiger partial charge in [-0.15, -0.1) is 0 Å². The van der Waals surface area contributed by atoms with Crippen molar-refractivity contribution in [3.05, 3.63) is 29.8 Å². The molecule has 2 unspecified atom stereocenters. The predicted molar refractivity (Wildman–Crippen MR) is 75.0 cm³/mol. The summed E-state index contributed by atoms with van der Waals surface area (Å²) in [5.74, 6) is -0.0741. The number of benzene rings is 1. The molecule has 19 heavy (non-hydrogen) atoms. The van der Waals surface area contributed by atoms with Crippen LogP contribution in [0.1, 0.15) is 32.3 Å². The lowest BCUT2D eigenvalue weighted by molar-refractivity contribution is -0.134. The summed E-state index contributed by atoms with van der Waals surface area (Å²) in [6.07, 6.45) is 1.23. The van der Waals surface area contributed by atoms with Gasteiger partial charge in [-0.25, -0.2) is 0 Å². The monoisotopic (exact) mass is 260 g/mol. The minimum Gasteiger partial charge on any atom is -0.342 e. The molecule has 0 bridgehead atoms. The van der Waals surface area contributed by atoms with Gasteiger partial charge in [-0.05, 0) is 37.5 Å². The Balaban J connectivity index is 2.42. The molecule has 1 N–H and O–H groups in total. The summed E-state index contributed by atoms with van der Waals surface area (Å²) < 4.78 is 0. The molecule has 0 aromatic heterocycles. The average molecular weight is 260 g/mol. The van der Waals surface area contributed by atoms with E-state index in [1.807, 2.05) is 45.0 Å². The first kappa shape index (κ1) is 13.6. The van der Waals surface area contributed by atoms with Crippen molar-refractivity contribution < 1.29 is 9.59 Å². The molecule has 1 aromatic rings. The van der Waals surface area contributed by atoms with Crippen molar-refractivity contribution in [1.29, 1.82) is 0 Å². The molecule has 1 fully saturated rings. The van der Waals surface area contributed by atoms with E-state index >= 15 is 0 Å². The predicted octanol–water partition coefficient (Wildman–Crippen LogP) is 2.02. The number of carbonyl (C=O) groups is 2. The molecule has 1 aliphatic heterocycles. The van der Waals surface area contributed by atoms with Crippen molar-refractivity contribution in [2.75, 3.05) is 4.90 Å². The van der Waals surface area contributed by atoms with Gasteiger partial charge < -0.3 is 5.32 Å². The molecule has 1 aliphatic rings. The van der Waals surface area contributed by atoms with Gasteiger partial charge in [-0.1, -0.05) is 26.0 Å². The molecule has 4 heteroatoms. The number of amides is 2. The lowest BCUT2D eigenvalue weighted by Crippen LogP contribution is -2.63. The van der Waals surface area contributed by atoms with Crippen LogP contribution >= 0.6 is 0 Å². The maximum absolute atomic E-state index is 12.5. The van der Waals surface area contributed by atoms with Gasteiger partial charge in [0.25, 0.3) is 0 Å². The maximum Gasteiger partial charge on any atom is 0.250 e. The van der Waals surface area contributed by atoms with E-state index in [4.69, 9.17) is 0 Å². The summed E-state index contributed by atoms with van der Waals surface area (Å²) in [6.45, 7) is 5.81. The molecule has 0 radical (unpaired) electrons. The number of piperazine rings is 1. The molecule has 0 aliphatic carbocycles. The van der Waals surface area contributed by atoms with Gasteiger partial charge in [0.15, 0.2) is 0 Å². The molecule has 2 atom stereocenters. The summed E-state index contributed by atoms with van der Waals surface area (Å²) in [4.78, 5) is 26.3. The number of hydrogen-bond acceptors (Lipinski definition) is 2. The van der Waals surface area contributed by atoms with Gasteiger partial charge in [0.2, 0.25) is 11.8 Å². The van der Waals surface area contributed by atoms with E-state index in [-0.39, 0.29) is 11.8 Å². The molecule has 2 rings (SSSR count). The Kier molecular flexibility index (Phi) is 3.88. The third kappa shape index (κ3) is 2.48. The highest BCUT2D eigenvalue weighted by Crippen LogP contribution is 2.24. The van der Waals surface area contributed by atoms with Gasteiger partial charge in [-0.2, -0.15) is 0 Å². The Bertz CT molecular complexity index is 499. The van der Waals surface area contributed by atoms with Crippen LogP contribution in [0.5, 0.6) is 0 Å². The lowest BCUT2D eigenvalue weighted by Gasteiger charge is -2.38. The highest BCUT2D eigenvalue weighted by atomic mass is 16.2. The standard InChI is InChI=1S/C15H20N2O2/c1-4-12-15(19)17(13(5-2)14(18)16-12)11-8-6-7-10(3)9-11/h6-9,12-13H,4-5H2,1-3H3,(H,16,18). The molecule has 1 saturated heterocycles. The van der Waals surface area contributed by atoms with Crippen LogP contribution in [0.25, 0.3) is 0 Å². The van der Waals surface area contributed by atoms with Crippen LogP contribution in [-0.4, -0.2) is 23.9 Å². The van der Waals surface area contributed by atoms with Crippen LogP contribution in [0.4, 0.5) is 5.69 Å². The molecule has 0 spiro atoms. The second kappa shape index (κ2) is 5.43. The van der Waals surface area contributed by atoms with Crippen LogP contribution in [0.2, 0.25) is 0 Å².